The molecule has 0 aliphatic rings. The molecule has 0 saturated carbocycles. The molecule has 2 nitrogen and oxygen atoms in total. The van der Waals surface area contributed by atoms with Crippen molar-refractivity contribution in [1.29, 1.82) is 0 Å². The minimum atomic E-state index is 0.159. The molecule has 1 aromatic heterocycles. The van der Waals surface area contributed by atoms with E-state index in [1.54, 1.807) is 0 Å². The van der Waals surface area contributed by atoms with Gasteiger partial charge in [-0.05, 0) is 32.9 Å². The Labute approximate surface area is 108 Å². The number of benzene rings is 1. The molecule has 1 N–H and O–H groups in total. The molecule has 0 aliphatic carbocycles. The Kier molecular flexibility index (Phi) is 3.45. The summed E-state index contributed by atoms with van der Waals surface area (Å²) in [4.78, 5) is 0. The van der Waals surface area contributed by atoms with E-state index in [1.165, 1.54) is 5.39 Å². The molecular weight excluding hydrogens is 232 g/mol. The molecule has 0 atom stereocenters. The Balaban J connectivity index is 2.14. The van der Waals surface area contributed by atoms with Gasteiger partial charge in [0.25, 0.3) is 0 Å². The van der Waals surface area contributed by atoms with Crippen molar-refractivity contribution in [3.63, 3.8) is 0 Å². The Morgan fingerprint density at radius 1 is 1.24 bits per heavy atom. The smallest absolute Gasteiger partial charge is 0.0670 e. The van der Waals surface area contributed by atoms with E-state index in [-0.39, 0.29) is 5.54 Å². The van der Waals surface area contributed by atoms with E-state index >= 15 is 0 Å². The van der Waals surface area contributed by atoms with Crippen molar-refractivity contribution in [3.8, 4) is 0 Å². The summed E-state index contributed by atoms with van der Waals surface area (Å²) in [5.41, 5.74) is 1.29. The fourth-order valence-corrected chi connectivity index (χ4v) is 2.24. The van der Waals surface area contributed by atoms with Gasteiger partial charge in [0.1, 0.15) is 0 Å². The number of aromatic nitrogens is 1. The highest BCUT2D eigenvalue weighted by atomic mass is 35.5. The first-order valence-electron chi connectivity index (χ1n) is 5.96. The highest BCUT2D eigenvalue weighted by Gasteiger charge is 2.09. The van der Waals surface area contributed by atoms with Crippen molar-refractivity contribution in [3.05, 3.63) is 35.5 Å². The van der Waals surface area contributed by atoms with E-state index in [1.807, 2.05) is 12.1 Å². The Hall–Kier alpha value is -0.990. The average Bonchev–Trinajstić information content (AvgIpc) is 2.61. The molecule has 1 heterocycles. The lowest BCUT2D eigenvalue weighted by Crippen LogP contribution is -2.37. The topological polar surface area (TPSA) is 17.0 Å². The Morgan fingerprint density at radius 3 is 2.71 bits per heavy atom. The molecule has 0 saturated heterocycles. The molecule has 0 bridgehead atoms. The molecular formula is C14H19ClN2. The number of para-hydroxylation sites is 1. The molecule has 0 unspecified atom stereocenters. The van der Waals surface area contributed by atoms with Crippen LogP contribution < -0.4 is 5.32 Å². The number of halogens is 1. The molecule has 0 amide bonds. The zero-order valence-corrected chi connectivity index (χ0v) is 11.4. The van der Waals surface area contributed by atoms with Gasteiger partial charge in [-0.1, -0.05) is 23.7 Å². The lowest BCUT2D eigenvalue weighted by atomic mass is 10.1. The van der Waals surface area contributed by atoms with E-state index in [0.717, 1.165) is 23.6 Å². The van der Waals surface area contributed by atoms with Crippen LogP contribution in [0.4, 0.5) is 0 Å². The SMILES string of the molecule is CC(C)(C)NCCn1ccc2cccc(Cl)c21. The highest BCUT2D eigenvalue weighted by Crippen LogP contribution is 2.24. The molecule has 1 aromatic carbocycles. The molecule has 2 rings (SSSR count). The molecule has 0 spiro atoms. The van der Waals surface area contributed by atoms with Crippen molar-refractivity contribution < 1.29 is 0 Å². The van der Waals surface area contributed by atoms with Crippen LogP contribution in [0.15, 0.2) is 30.5 Å². The summed E-state index contributed by atoms with van der Waals surface area (Å²) in [5.74, 6) is 0. The number of rotatable bonds is 3. The van der Waals surface area contributed by atoms with E-state index in [9.17, 15) is 0 Å². The van der Waals surface area contributed by atoms with Crippen LogP contribution in [0.1, 0.15) is 20.8 Å². The lowest BCUT2D eigenvalue weighted by Gasteiger charge is -2.20. The normalized spacial score (nSPS) is 12.2. The van der Waals surface area contributed by atoms with Gasteiger partial charge in [0.15, 0.2) is 0 Å². The molecule has 3 heteroatoms. The van der Waals surface area contributed by atoms with Crippen molar-refractivity contribution in [1.82, 2.24) is 9.88 Å². The van der Waals surface area contributed by atoms with Crippen LogP contribution >= 0.6 is 11.6 Å². The van der Waals surface area contributed by atoms with Gasteiger partial charge in [0.2, 0.25) is 0 Å². The molecule has 2 aromatic rings. The van der Waals surface area contributed by atoms with Crippen LogP contribution in [0.25, 0.3) is 10.9 Å². The van der Waals surface area contributed by atoms with Gasteiger partial charge >= 0.3 is 0 Å². The van der Waals surface area contributed by atoms with Gasteiger partial charge in [0, 0.05) is 30.2 Å². The molecule has 0 radical (unpaired) electrons. The monoisotopic (exact) mass is 250 g/mol. The minimum absolute atomic E-state index is 0.159. The highest BCUT2D eigenvalue weighted by molar-refractivity contribution is 6.35. The van der Waals surface area contributed by atoms with Gasteiger partial charge in [-0.2, -0.15) is 0 Å². The van der Waals surface area contributed by atoms with Crippen LogP contribution in [0.3, 0.4) is 0 Å². The number of hydrogen-bond donors (Lipinski definition) is 1. The van der Waals surface area contributed by atoms with E-state index in [2.05, 4.69) is 49.0 Å². The van der Waals surface area contributed by atoms with Gasteiger partial charge in [-0.3, -0.25) is 0 Å². The number of hydrogen-bond acceptors (Lipinski definition) is 1. The van der Waals surface area contributed by atoms with E-state index in [4.69, 9.17) is 11.6 Å². The van der Waals surface area contributed by atoms with Gasteiger partial charge in [-0.25, -0.2) is 0 Å². The van der Waals surface area contributed by atoms with Crippen LogP contribution in [0.5, 0.6) is 0 Å². The molecule has 17 heavy (non-hydrogen) atoms. The van der Waals surface area contributed by atoms with Crippen LogP contribution in [-0.2, 0) is 6.54 Å². The lowest BCUT2D eigenvalue weighted by molar-refractivity contribution is 0.414. The summed E-state index contributed by atoms with van der Waals surface area (Å²) in [7, 11) is 0. The van der Waals surface area contributed by atoms with Crippen LogP contribution in [0, 0.1) is 0 Å². The van der Waals surface area contributed by atoms with Gasteiger partial charge in [-0.15, -0.1) is 0 Å². The fraction of sp³-hybridized carbons (Fsp3) is 0.429. The largest absolute Gasteiger partial charge is 0.345 e. The summed E-state index contributed by atoms with van der Waals surface area (Å²) in [5, 5.41) is 5.50. The summed E-state index contributed by atoms with van der Waals surface area (Å²) < 4.78 is 2.20. The third-order valence-corrected chi connectivity index (χ3v) is 3.05. The van der Waals surface area contributed by atoms with Crippen molar-refractivity contribution >= 4 is 22.5 Å². The Morgan fingerprint density at radius 2 is 2.00 bits per heavy atom. The summed E-state index contributed by atoms with van der Waals surface area (Å²) in [6, 6.07) is 8.13. The van der Waals surface area contributed by atoms with E-state index in [0.29, 0.717) is 0 Å². The standard InChI is InChI=1S/C14H19ClN2/c1-14(2,3)16-8-10-17-9-7-11-5-4-6-12(15)13(11)17/h4-7,9,16H,8,10H2,1-3H3. The first-order chi connectivity index (χ1) is 7.97. The predicted octanol–water partition coefficient (Wildman–Crippen LogP) is 3.68. The second-order valence-electron chi connectivity index (χ2n) is 5.36. The van der Waals surface area contributed by atoms with Crippen molar-refractivity contribution in [2.75, 3.05) is 6.54 Å². The van der Waals surface area contributed by atoms with Gasteiger partial charge < -0.3 is 9.88 Å². The summed E-state index contributed by atoms with van der Waals surface area (Å²) in [6.07, 6.45) is 2.10. The molecule has 0 aliphatic heterocycles. The zero-order valence-electron chi connectivity index (χ0n) is 10.6. The first-order valence-corrected chi connectivity index (χ1v) is 6.33. The summed E-state index contributed by atoms with van der Waals surface area (Å²) in [6.45, 7) is 8.40. The van der Waals surface area contributed by atoms with Crippen LogP contribution in [0.2, 0.25) is 5.02 Å². The zero-order chi connectivity index (χ0) is 12.5. The predicted molar refractivity (Wildman–Crippen MR) is 74.7 cm³/mol. The quantitative estimate of drug-likeness (QED) is 0.879. The molecule has 92 valence electrons. The van der Waals surface area contributed by atoms with Gasteiger partial charge in [0.05, 0.1) is 10.5 Å². The third kappa shape index (κ3) is 3.02. The first kappa shape index (κ1) is 12.5. The maximum atomic E-state index is 6.23. The van der Waals surface area contributed by atoms with Crippen molar-refractivity contribution in [2.24, 2.45) is 0 Å². The maximum absolute atomic E-state index is 6.23. The average molecular weight is 251 g/mol. The number of fused-ring (bicyclic) bond motifs is 1. The van der Waals surface area contributed by atoms with E-state index < -0.39 is 0 Å². The third-order valence-electron chi connectivity index (χ3n) is 2.75. The second-order valence-corrected chi connectivity index (χ2v) is 5.77. The number of nitrogens with one attached hydrogen (secondary N) is 1. The summed E-state index contributed by atoms with van der Waals surface area (Å²) >= 11 is 6.23. The Bertz CT molecular complexity index is 508. The fourth-order valence-electron chi connectivity index (χ4n) is 1.95. The van der Waals surface area contributed by atoms with Crippen molar-refractivity contribution in [2.45, 2.75) is 32.9 Å². The second kappa shape index (κ2) is 4.71. The maximum Gasteiger partial charge on any atom is 0.0670 e. The number of nitrogens with zero attached hydrogens (tertiary/aromatic N) is 1. The minimum Gasteiger partial charge on any atom is -0.345 e. The van der Waals surface area contributed by atoms with Crippen LogP contribution in [-0.4, -0.2) is 16.7 Å². The molecule has 0 fully saturated rings.